The predicted octanol–water partition coefficient (Wildman–Crippen LogP) is 5.58. The van der Waals surface area contributed by atoms with Gasteiger partial charge in [-0.1, -0.05) is 42.8 Å². The first-order valence-electron chi connectivity index (χ1n) is 8.34. The third-order valence-electron chi connectivity index (χ3n) is 3.68. The first-order chi connectivity index (χ1) is 11.8. The second-order valence-electron chi connectivity index (χ2n) is 6.32. The molecule has 0 aliphatic carbocycles. The van der Waals surface area contributed by atoms with E-state index in [0.717, 1.165) is 34.9 Å². The summed E-state index contributed by atoms with van der Waals surface area (Å²) in [7, 11) is 1.89. The molecule has 1 aromatic rings. The molecule has 0 saturated heterocycles. The number of hydrogen-bond donors (Lipinski definition) is 2. The fourth-order valence-electron chi connectivity index (χ4n) is 2.10. The lowest BCUT2D eigenvalue weighted by atomic mass is 10.1. The molecule has 0 bridgehead atoms. The monoisotopic (exact) mass is 361 g/mol. The smallest absolute Gasteiger partial charge is 0.0688 e. The van der Waals surface area contributed by atoms with Crippen molar-refractivity contribution >= 4 is 23.5 Å². The molecule has 2 N–H and O–H groups in total. The molecular weight excluding hydrogens is 334 g/mol. The Morgan fingerprint density at radius 2 is 2.00 bits per heavy atom. The fraction of sp³-hybridized carbons (Fsp3) is 0.421. The summed E-state index contributed by atoms with van der Waals surface area (Å²) >= 11 is 5.93. The summed E-state index contributed by atoms with van der Waals surface area (Å²) in [4.78, 5) is 0. The Morgan fingerprint density at radius 3 is 2.52 bits per heavy atom. The van der Waals surface area contributed by atoms with Gasteiger partial charge in [-0.05, 0) is 49.6 Å². The van der Waals surface area contributed by atoms with E-state index in [0.29, 0.717) is 0 Å². The van der Waals surface area contributed by atoms with Crippen LogP contribution in [0.25, 0.3) is 0 Å². The second-order valence-corrected chi connectivity index (χ2v) is 6.76. The van der Waals surface area contributed by atoms with Crippen molar-refractivity contribution in [2.24, 2.45) is 16.3 Å². The largest absolute Gasteiger partial charge is 0.379 e. The number of rotatable bonds is 10. The van der Waals surface area contributed by atoms with Crippen molar-refractivity contribution in [2.45, 2.75) is 33.2 Å². The maximum Gasteiger partial charge on any atom is 0.0688 e. The van der Waals surface area contributed by atoms with Crippen molar-refractivity contribution in [3.05, 3.63) is 53.2 Å². The van der Waals surface area contributed by atoms with E-state index in [1.54, 1.807) is 11.1 Å². The van der Waals surface area contributed by atoms with Gasteiger partial charge in [-0.25, -0.2) is 0 Å². The van der Waals surface area contributed by atoms with E-state index in [4.69, 9.17) is 17.0 Å². The molecule has 0 fully saturated rings. The van der Waals surface area contributed by atoms with Gasteiger partial charge in [0.25, 0.3) is 0 Å². The Kier molecular flexibility index (Phi) is 8.92. The molecule has 0 spiro atoms. The number of benzene rings is 1. The zero-order chi connectivity index (χ0) is 18.8. The first-order valence-corrected chi connectivity index (χ1v) is 8.72. The Balaban J connectivity index is 2.61. The quantitative estimate of drug-likeness (QED) is 0.247. The molecule has 5 nitrogen and oxygen atoms in total. The van der Waals surface area contributed by atoms with Crippen molar-refractivity contribution in [3.63, 3.8) is 0 Å². The summed E-state index contributed by atoms with van der Waals surface area (Å²) in [5.74, 6) is 0.230. The summed E-state index contributed by atoms with van der Waals surface area (Å²) in [6.07, 6.45) is 3.75. The van der Waals surface area contributed by atoms with Gasteiger partial charge in [-0.3, -0.25) is 5.01 Å². The highest BCUT2D eigenvalue weighted by Gasteiger charge is 2.11. The summed E-state index contributed by atoms with van der Waals surface area (Å²) in [5, 5.41) is 21.6. The van der Waals surface area contributed by atoms with E-state index < -0.39 is 0 Å². The minimum absolute atomic E-state index is 0.139. The van der Waals surface area contributed by atoms with E-state index in [-0.39, 0.29) is 12.0 Å². The van der Waals surface area contributed by atoms with Gasteiger partial charge < -0.3 is 10.7 Å². The standard InChI is InChI=1S/C19H28ClN5/c1-14(2)18(22-17-8-6-16(20)7-9-17)11-13-25(5)24-23-19(10-12-21)15(3)4/h6-10,12,15,18,21-22H,1,11,13H2,2-5H3/b19-10+,21-12?,24-23-. The van der Waals surface area contributed by atoms with Gasteiger partial charge in [0.1, 0.15) is 0 Å². The molecule has 1 unspecified atom stereocenters. The van der Waals surface area contributed by atoms with E-state index in [9.17, 15) is 0 Å². The van der Waals surface area contributed by atoms with Crippen LogP contribution in [0.3, 0.4) is 0 Å². The summed E-state index contributed by atoms with van der Waals surface area (Å²) in [6.45, 7) is 10.9. The summed E-state index contributed by atoms with van der Waals surface area (Å²) < 4.78 is 0. The van der Waals surface area contributed by atoms with Crippen LogP contribution in [0.5, 0.6) is 0 Å². The number of anilines is 1. The van der Waals surface area contributed by atoms with Crippen molar-refractivity contribution in [3.8, 4) is 0 Å². The highest BCUT2D eigenvalue weighted by atomic mass is 35.5. The van der Waals surface area contributed by atoms with Gasteiger partial charge >= 0.3 is 0 Å². The number of allylic oxidation sites excluding steroid dienone is 2. The topological polar surface area (TPSA) is 63.8 Å². The molecule has 0 heterocycles. The third kappa shape index (κ3) is 7.98. The average molecular weight is 362 g/mol. The summed E-state index contributed by atoms with van der Waals surface area (Å²) in [5.41, 5.74) is 2.86. The van der Waals surface area contributed by atoms with Gasteiger partial charge in [-0.15, -0.1) is 5.11 Å². The molecular formula is C19H28ClN5. The zero-order valence-corrected chi connectivity index (χ0v) is 16.2. The Morgan fingerprint density at radius 1 is 1.36 bits per heavy atom. The van der Waals surface area contributed by atoms with Gasteiger partial charge in [0.2, 0.25) is 0 Å². The first kappa shape index (κ1) is 20.9. The second kappa shape index (κ2) is 10.7. The Labute approximate surface area is 156 Å². The van der Waals surface area contributed by atoms with Crippen LogP contribution in [0.15, 0.2) is 58.5 Å². The van der Waals surface area contributed by atoms with Crippen LogP contribution in [0.1, 0.15) is 27.2 Å². The number of halogens is 1. The number of nitrogens with one attached hydrogen (secondary N) is 2. The lowest BCUT2D eigenvalue weighted by Gasteiger charge is -2.22. The Hall–Kier alpha value is -2.14. The fourth-order valence-corrected chi connectivity index (χ4v) is 2.23. The lowest BCUT2D eigenvalue weighted by Crippen LogP contribution is -2.26. The van der Waals surface area contributed by atoms with E-state index in [1.165, 1.54) is 6.21 Å². The predicted molar refractivity (Wildman–Crippen MR) is 107 cm³/mol. The van der Waals surface area contributed by atoms with Crippen LogP contribution in [0, 0.1) is 11.3 Å². The molecule has 0 aliphatic heterocycles. The lowest BCUT2D eigenvalue weighted by molar-refractivity contribution is 0.319. The van der Waals surface area contributed by atoms with Crippen molar-refractivity contribution < 1.29 is 0 Å². The summed E-state index contributed by atoms with van der Waals surface area (Å²) in [6, 6.07) is 7.78. The number of nitrogens with zero attached hydrogens (tertiary/aromatic N) is 3. The van der Waals surface area contributed by atoms with Crippen LogP contribution in [-0.2, 0) is 0 Å². The average Bonchev–Trinajstić information content (AvgIpc) is 2.56. The highest BCUT2D eigenvalue weighted by molar-refractivity contribution is 6.30. The molecule has 0 aromatic heterocycles. The third-order valence-corrected chi connectivity index (χ3v) is 3.93. The maximum atomic E-state index is 7.17. The molecule has 1 rings (SSSR count). The van der Waals surface area contributed by atoms with Crippen molar-refractivity contribution in [1.82, 2.24) is 5.01 Å². The molecule has 6 heteroatoms. The zero-order valence-electron chi connectivity index (χ0n) is 15.5. The molecule has 136 valence electrons. The maximum absolute atomic E-state index is 7.17. The molecule has 0 aliphatic rings. The van der Waals surface area contributed by atoms with Gasteiger partial charge in [0, 0.05) is 36.6 Å². The van der Waals surface area contributed by atoms with Crippen LogP contribution >= 0.6 is 11.6 Å². The molecule has 1 aromatic carbocycles. The van der Waals surface area contributed by atoms with Crippen molar-refractivity contribution in [1.29, 1.82) is 5.41 Å². The van der Waals surface area contributed by atoms with Crippen LogP contribution in [0.4, 0.5) is 5.69 Å². The minimum Gasteiger partial charge on any atom is -0.379 e. The van der Waals surface area contributed by atoms with E-state index >= 15 is 0 Å². The molecule has 0 saturated carbocycles. The molecule has 25 heavy (non-hydrogen) atoms. The van der Waals surface area contributed by atoms with Crippen molar-refractivity contribution in [2.75, 3.05) is 18.9 Å². The van der Waals surface area contributed by atoms with E-state index in [1.807, 2.05) is 52.1 Å². The van der Waals surface area contributed by atoms with Crippen LogP contribution < -0.4 is 5.32 Å². The van der Waals surface area contributed by atoms with Gasteiger partial charge in [-0.2, -0.15) is 0 Å². The van der Waals surface area contributed by atoms with Gasteiger partial charge in [0.15, 0.2) is 0 Å². The Bertz CT molecular complexity index is 619. The number of hydrogen-bond acceptors (Lipinski definition) is 4. The highest BCUT2D eigenvalue weighted by Crippen LogP contribution is 2.18. The molecule has 0 amide bonds. The van der Waals surface area contributed by atoms with E-state index in [2.05, 4.69) is 22.2 Å². The SMILES string of the molecule is C=C(C)C(CCN(C)/N=N\C(=C\C=N)C(C)C)Nc1ccc(Cl)cc1. The molecule has 1 atom stereocenters. The van der Waals surface area contributed by atoms with Gasteiger partial charge in [0.05, 0.1) is 5.70 Å². The minimum atomic E-state index is 0.139. The normalized spacial score (nSPS) is 13.1. The van der Waals surface area contributed by atoms with Crippen LogP contribution in [-0.4, -0.2) is 30.9 Å². The molecule has 0 radical (unpaired) electrons. The van der Waals surface area contributed by atoms with Crippen LogP contribution in [0.2, 0.25) is 5.02 Å².